The summed E-state index contributed by atoms with van der Waals surface area (Å²) in [6.07, 6.45) is 1.36. The van der Waals surface area contributed by atoms with Crippen LogP contribution < -0.4 is 11.1 Å². The summed E-state index contributed by atoms with van der Waals surface area (Å²) in [6.45, 7) is 4.57. The lowest BCUT2D eigenvalue weighted by atomic mass is 10.0. The minimum absolute atomic E-state index is 0.0715. The van der Waals surface area contributed by atoms with Gasteiger partial charge in [-0.25, -0.2) is 0 Å². The molecule has 2 unspecified atom stereocenters. The number of rotatable bonds is 7. The van der Waals surface area contributed by atoms with Crippen LogP contribution in [0.15, 0.2) is 24.3 Å². The first-order valence-corrected chi connectivity index (χ1v) is 6.64. The number of ether oxygens (including phenoxy) is 1. The first kappa shape index (κ1) is 15.7. The third-order valence-corrected chi connectivity index (χ3v) is 3.15. The van der Waals surface area contributed by atoms with Crippen LogP contribution >= 0.6 is 0 Å². The molecule has 3 N–H and O–H groups in total. The average molecular weight is 264 g/mol. The van der Waals surface area contributed by atoms with Crippen LogP contribution in [0.3, 0.4) is 0 Å². The van der Waals surface area contributed by atoms with E-state index < -0.39 is 6.04 Å². The van der Waals surface area contributed by atoms with E-state index in [0.717, 1.165) is 6.42 Å². The molecule has 0 heterocycles. The number of nitrogens with one attached hydrogen (secondary N) is 1. The Morgan fingerprint density at radius 2 is 2.11 bits per heavy atom. The lowest BCUT2D eigenvalue weighted by Crippen LogP contribution is -2.45. The van der Waals surface area contributed by atoms with Gasteiger partial charge in [0.2, 0.25) is 5.91 Å². The molecule has 0 bridgehead atoms. The number of carbonyl (C=O) groups is 1. The van der Waals surface area contributed by atoms with Gasteiger partial charge in [0.15, 0.2) is 0 Å². The van der Waals surface area contributed by atoms with Gasteiger partial charge in [-0.2, -0.15) is 0 Å². The second kappa shape index (κ2) is 7.92. The molecule has 4 nitrogen and oxygen atoms in total. The van der Waals surface area contributed by atoms with Gasteiger partial charge in [-0.05, 0) is 37.8 Å². The molecule has 0 saturated heterocycles. The van der Waals surface area contributed by atoms with Crippen molar-refractivity contribution >= 4 is 5.91 Å². The highest BCUT2D eigenvalue weighted by Gasteiger charge is 2.15. The second-order valence-corrected chi connectivity index (χ2v) is 4.93. The van der Waals surface area contributed by atoms with E-state index >= 15 is 0 Å². The summed E-state index contributed by atoms with van der Waals surface area (Å²) in [5, 5.41) is 2.94. The predicted molar refractivity (Wildman–Crippen MR) is 77.0 cm³/mol. The summed E-state index contributed by atoms with van der Waals surface area (Å²) in [5.41, 5.74) is 8.28. The van der Waals surface area contributed by atoms with Crippen molar-refractivity contribution in [2.24, 2.45) is 5.73 Å². The van der Waals surface area contributed by atoms with Crippen LogP contribution in [-0.2, 0) is 16.0 Å². The maximum Gasteiger partial charge on any atom is 0.237 e. The van der Waals surface area contributed by atoms with E-state index in [1.165, 1.54) is 11.1 Å². The molecular weight excluding hydrogens is 240 g/mol. The summed E-state index contributed by atoms with van der Waals surface area (Å²) in [6, 6.07) is 7.77. The maximum atomic E-state index is 11.8. The zero-order valence-electron chi connectivity index (χ0n) is 12.0. The number of methoxy groups -OCH3 is 1. The van der Waals surface area contributed by atoms with Crippen LogP contribution in [0.5, 0.6) is 0 Å². The smallest absolute Gasteiger partial charge is 0.237 e. The van der Waals surface area contributed by atoms with Crippen LogP contribution in [0.1, 0.15) is 24.5 Å². The molecule has 0 aromatic heterocycles. The van der Waals surface area contributed by atoms with E-state index in [9.17, 15) is 4.79 Å². The molecule has 1 amide bonds. The highest BCUT2D eigenvalue weighted by atomic mass is 16.5. The van der Waals surface area contributed by atoms with Crippen molar-refractivity contribution in [2.75, 3.05) is 13.7 Å². The van der Waals surface area contributed by atoms with Crippen molar-refractivity contribution in [3.8, 4) is 0 Å². The molecule has 0 saturated carbocycles. The van der Waals surface area contributed by atoms with E-state index in [1.807, 2.05) is 19.1 Å². The molecule has 106 valence electrons. The molecule has 4 heteroatoms. The molecule has 1 aromatic rings. The number of carbonyl (C=O) groups excluding carboxylic acids is 1. The van der Waals surface area contributed by atoms with Crippen molar-refractivity contribution in [3.63, 3.8) is 0 Å². The van der Waals surface area contributed by atoms with Crippen molar-refractivity contribution in [2.45, 2.75) is 38.8 Å². The number of benzene rings is 1. The van der Waals surface area contributed by atoms with Crippen LogP contribution in [0.25, 0.3) is 0 Å². The van der Waals surface area contributed by atoms with E-state index in [2.05, 4.69) is 24.4 Å². The molecule has 2 atom stereocenters. The van der Waals surface area contributed by atoms with Gasteiger partial charge < -0.3 is 15.8 Å². The fourth-order valence-electron chi connectivity index (χ4n) is 1.95. The summed E-state index contributed by atoms with van der Waals surface area (Å²) in [4.78, 5) is 11.8. The first-order valence-electron chi connectivity index (χ1n) is 6.64. The minimum Gasteiger partial charge on any atom is -0.385 e. The van der Waals surface area contributed by atoms with Crippen molar-refractivity contribution in [1.29, 1.82) is 0 Å². The normalized spacial score (nSPS) is 13.9. The Bertz CT molecular complexity index is 407. The summed E-state index contributed by atoms with van der Waals surface area (Å²) in [5.74, 6) is -0.113. The summed E-state index contributed by atoms with van der Waals surface area (Å²) in [7, 11) is 1.60. The number of aryl methyl sites for hydroxylation is 1. The third kappa shape index (κ3) is 5.41. The van der Waals surface area contributed by atoms with E-state index in [-0.39, 0.29) is 11.9 Å². The topological polar surface area (TPSA) is 64.3 Å². The molecule has 0 aliphatic carbocycles. The second-order valence-electron chi connectivity index (χ2n) is 4.93. The lowest BCUT2D eigenvalue weighted by Gasteiger charge is -2.18. The molecule has 0 aliphatic heterocycles. The Labute approximate surface area is 115 Å². The van der Waals surface area contributed by atoms with Crippen LogP contribution in [0, 0.1) is 6.92 Å². The Hall–Kier alpha value is -1.39. The van der Waals surface area contributed by atoms with Crippen molar-refractivity contribution in [1.82, 2.24) is 5.32 Å². The molecule has 0 aliphatic rings. The lowest BCUT2D eigenvalue weighted by molar-refractivity contribution is -0.123. The number of amides is 1. The minimum atomic E-state index is -0.501. The quantitative estimate of drug-likeness (QED) is 0.782. The van der Waals surface area contributed by atoms with E-state index in [1.54, 1.807) is 7.11 Å². The Morgan fingerprint density at radius 3 is 2.74 bits per heavy atom. The van der Waals surface area contributed by atoms with Crippen LogP contribution in [-0.4, -0.2) is 31.7 Å². The standard InChI is InChI=1S/C15H24N2O2/c1-11-6-4-5-7-13(11)10-12(2)17-15(18)14(16)8-9-19-3/h4-7,12,14H,8-10,16H2,1-3H3,(H,17,18). The highest BCUT2D eigenvalue weighted by Crippen LogP contribution is 2.09. The molecule has 0 spiro atoms. The summed E-state index contributed by atoms with van der Waals surface area (Å²) >= 11 is 0. The van der Waals surface area contributed by atoms with Gasteiger partial charge >= 0.3 is 0 Å². The largest absolute Gasteiger partial charge is 0.385 e. The Kier molecular flexibility index (Phi) is 6.53. The van der Waals surface area contributed by atoms with Gasteiger partial charge in [0, 0.05) is 19.8 Å². The van der Waals surface area contributed by atoms with Gasteiger partial charge in [0.1, 0.15) is 0 Å². The van der Waals surface area contributed by atoms with E-state index in [0.29, 0.717) is 13.0 Å². The average Bonchev–Trinajstić information content (AvgIpc) is 2.38. The van der Waals surface area contributed by atoms with Crippen molar-refractivity contribution < 1.29 is 9.53 Å². The zero-order chi connectivity index (χ0) is 14.3. The van der Waals surface area contributed by atoms with Crippen LogP contribution in [0.2, 0.25) is 0 Å². The maximum absolute atomic E-state index is 11.8. The van der Waals surface area contributed by atoms with Crippen molar-refractivity contribution in [3.05, 3.63) is 35.4 Å². The number of nitrogens with two attached hydrogens (primary N) is 1. The Balaban J connectivity index is 2.45. The highest BCUT2D eigenvalue weighted by molar-refractivity contribution is 5.81. The van der Waals surface area contributed by atoms with Gasteiger partial charge in [-0.15, -0.1) is 0 Å². The third-order valence-electron chi connectivity index (χ3n) is 3.15. The first-order chi connectivity index (χ1) is 9.04. The van der Waals surface area contributed by atoms with Gasteiger partial charge in [-0.3, -0.25) is 4.79 Å². The van der Waals surface area contributed by atoms with Gasteiger partial charge in [0.05, 0.1) is 6.04 Å². The number of hydrogen-bond donors (Lipinski definition) is 2. The molecule has 1 rings (SSSR count). The molecule has 0 fully saturated rings. The fraction of sp³-hybridized carbons (Fsp3) is 0.533. The molecule has 19 heavy (non-hydrogen) atoms. The van der Waals surface area contributed by atoms with Crippen LogP contribution in [0.4, 0.5) is 0 Å². The predicted octanol–water partition coefficient (Wildman–Crippen LogP) is 1.41. The number of hydrogen-bond acceptors (Lipinski definition) is 3. The fourth-order valence-corrected chi connectivity index (χ4v) is 1.95. The summed E-state index contributed by atoms with van der Waals surface area (Å²) < 4.78 is 4.92. The monoisotopic (exact) mass is 264 g/mol. The molecule has 0 radical (unpaired) electrons. The Morgan fingerprint density at radius 1 is 1.42 bits per heavy atom. The molecule has 1 aromatic carbocycles. The van der Waals surface area contributed by atoms with E-state index in [4.69, 9.17) is 10.5 Å². The van der Waals surface area contributed by atoms with Gasteiger partial charge in [0.25, 0.3) is 0 Å². The van der Waals surface area contributed by atoms with Gasteiger partial charge in [-0.1, -0.05) is 24.3 Å². The SMILES string of the molecule is COCCC(N)C(=O)NC(C)Cc1ccccc1C. The zero-order valence-corrected chi connectivity index (χ0v) is 12.0. The molecular formula is C15H24N2O2.